The van der Waals surface area contributed by atoms with Crippen LogP contribution in [0.1, 0.15) is 16.7 Å². The van der Waals surface area contributed by atoms with Gasteiger partial charge >= 0.3 is 6.09 Å². The lowest BCUT2D eigenvalue weighted by molar-refractivity contribution is 0.0224. The minimum Gasteiger partial charge on any atom is -0.497 e. The van der Waals surface area contributed by atoms with Gasteiger partial charge in [0.2, 0.25) is 0 Å². The quantitative estimate of drug-likeness (QED) is 0.462. The van der Waals surface area contributed by atoms with Gasteiger partial charge < -0.3 is 28.8 Å². The maximum atomic E-state index is 13.2. The van der Waals surface area contributed by atoms with Crippen LogP contribution in [0, 0.1) is 0 Å². The van der Waals surface area contributed by atoms with E-state index in [1.165, 1.54) is 7.11 Å². The van der Waals surface area contributed by atoms with E-state index in [1.54, 1.807) is 51.5 Å². The van der Waals surface area contributed by atoms with Gasteiger partial charge in [-0.25, -0.2) is 4.79 Å². The third-order valence-corrected chi connectivity index (χ3v) is 6.76. The van der Waals surface area contributed by atoms with Gasteiger partial charge in [0.05, 0.1) is 48.1 Å². The number of aliphatic hydroxyl groups is 1. The number of benzene rings is 3. The first kappa shape index (κ1) is 26.9. The van der Waals surface area contributed by atoms with E-state index in [-0.39, 0.29) is 6.54 Å². The molecule has 8 nitrogen and oxygen atoms in total. The second-order valence-electron chi connectivity index (χ2n) is 9.03. The number of hydrogen-bond donors (Lipinski definition) is 1. The molecule has 38 heavy (non-hydrogen) atoms. The lowest BCUT2D eigenvalue weighted by Gasteiger charge is -2.43. The van der Waals surface area contributed by atoms with Crippen LogP contribution in [0.3, 0.4) is 0 Å². The summed E-state index contributed by atoms with van der Waals surface area (Å²) in [6, 6.07) is 19.9. The van der Waals surface area contributed by atoms with Gasteiger partial charge in [0.25, 0.3) is 0 Å². The Morgan fingerprint density at radius 2 is 1.45 bits per heavy atom. The number of ether oxygens (including phenoxy) is 5. The van der Waals surface area contributed by atoms with E-state index in [1.807, 2.05) is 54.6 Å². The van der Waals surface area contributed by atoms with E-state index >= 15 is 0 Å². The molecule has 3 aromatic carbocycles. The number of carbonyl (C=O) groups excluding carboxylic acids is 1. The van der Waals surface area contributed by atoms with Crippen LogP contribution in [0.2, 0.25) is 0 Å². The molecular weight excluding hydrogens is 486 g/mol. The largest absolute Gasteiger partial charge is 0.497 e. The van der Waals surface area contributed by atoms with Gasteiger partial charge in [0.15, 0.2) is 0 Å². The zero-order valence-corrected chi connectivity index (χ0v) is 22.3. The molecular formula is C30H33NO7. The second-order valence-corrected chi connectivity index (χ2v) is 9.03. The molecule has 0 radical (unpaired) electrons. The number of amides is 1. The Hall–Kier alpha value is -4.17. The Morgan fingerprint density at radius 3 is 2.05 bits per heavy atom. The third kappa shape index (κ3) is 5.55. The van der Waals surface area contributed by atoms with E-state index in [2.05, 4.69) is 0 Å². The van der Waals surface area contributed by atoms with E-state index in [9.17, 15) is 9.90 Å². The van der Waals surface area contributed by atoms with Crippen molar-refractivity contribution in [2.45, 2.75) is 18.1 Å². The molecule has 1 unspecified atom stereocenters. The van der Waals surface area contributed by atoms with Crippen LogP contribution in [-0.4, -0.2) is 64.2 Å². The van der Waals surface area contributed by atoms with E-state index in [4.69, 9.17) is 23.7 Å². The number of hydrogen-bond acceptors (Lipinski definition) is 7. The SMILES string of the molecule is COC(=O)N1CC(O)(c2cccc(OC)c2)C=C(c2cccc(OC)c2)[C@@H]1Cc1cc(OC)cc(OC)c1. The van der Waals surface area contributed by atoms with Crippen molar-refractivity contribution in [2.24, 2.45) is 0 Å². The topological polar surface area (TPSA) is 86.7 Å². The number of rotatable bonds is 8. The molecule has 200 valence electrons. The standard InChI is InChI=1S/C30H33NO7/c1-34-23-10-6-8-21(15-23)27-18-30(33,22-9-7-11-24(16-22)35-2)19-31(29(32)38-5)28(27)14-20-12-25(36-3)17-26(13-20)37-4/h6-13,15-18,28,33H,14,19H2,1-5H3/t28-,30?/m0/s1. The lowest BCUT2D eigenvalue weighted by atomic mass is 9.80. The summed E-state index contributed by atoms with van der Waals surface area (Å²) in [5.41, 5.74) is 1.52. The molecule has 1 heterocycles. The average Bonchev–Trinajstić information content (AvgIpc) is 2.97. The highest BCUT2D eigenvalue weighted by Crippen LogP contribution is 2.40. The summed E-state index contributed by atoms with van der Waals surface area (Å²) in [7, 11) is 7.69. The molecule has 0 saturated heterocycles. The maximum absolute atomic E-state index is 13.2. The van der Waals surface area contributed by atoms with Gasteiger partial charge in [-0.1, -0.05) is 24.3 Å². The van der Waals surface area contributed by atoms with Crippen LogP contribution in [0.15, 0.2) is 72.8 Å². The van der Waals surface area contributed by atoms with Crippen LogP contribution in [0.25, 0.3) is 5.57 Å². The van der Waals surface area contributed by atoms with Gasteiger partial charge in [-0.3, -0.25) is 4.90 Å². The van der Waals surface area contributed by atoms with Crippen molar-refractivity contribution >= 4 is 11.7 Å². The predicted octanol–water partition coefficient (Wildman–Crippen LogP) is 4.69. The zero-order valence-electron chi connectivity index (χ0n) is 22.3. The van der Waals surface area contributed by atoms with Crippen LogP contribution in [0.4, 0.5) is 4.79 Å². The van der Waals surface area contributed by atoms with Crippen molar-refractivity contribution in [2.75, 3.05) is 42.1 Å². The van der Waals surface area contributed by atoms with Crippen molar-refractivity contribution in [1.82, 2.24) is 4.90 Å². The second kappa shape index (κ2) is 11.5. The molecule has 1 amide bonds. The van der Waals surface area contributed by atoms with Crippen molar-refractivity contribution in [3.05, 3.63) is 89.5 Å². The van der Waals surface area contributed by atoms with Crippen LogP contribution >= 0.6 is 0 Å². The van der Waals surface area contributed by atoms with Gasteiger partial charge in [-0.2, -0.15) is 0 Å². The van der Waals surface area contributed by atoms with Gasteiger partial charge in [0.1, 0.15) is 28.6 Å². The molecule has 1 aliphatic rings. The van der Waals surface area contributed by atoms with Crippen molar-refractivity contribution in [3.63, 3.8) is 0 Å². The number of carbonyl (C=O) groups is 1. The average molecular weight is 520 g/mol. The van der Waals surface area contributed by atoms with Gasteiger partial charge in [0, 0.05) is 6.07 Å². The van der Waals surface area contributed by atoms with Crippen molar-refractivity contribution < 1.29 is 33.6 Å². The molecule has 3 aromatic rings. The van der Waals surface area contributed by atoms with E-state index in [0.717, 1.165) is 16.7 Å². The summed E-state index contributed by atoms with van der Waals surface area (Å²) >= 11 is 0. The Balaban J connectivity index is 1.91. The minimum atomic E-state index is -1.51. The highest BCUT2D eigenvalue weighted by Gasteiger charge is 2.42. The van der Waals surface area contributed by atoms with E-state index < -0.39 is 17.7 Å². The number of methoxy groups -OCH3 is 5. The smallest absolute Gasteiger partial charge is 0.410 e. The zero-order chi connectivity index (χ0) is 27.3. The summed E-state index contributed by atoms with van der Waals surface area (Å²) in [5.74, 6) is 2.53. The summed E-state index contributed by atoms with van der Waals surface area (Å²) in [6.45, 7) is -0.0217. The summed E-state index contributed by atoms with van der Waals surface area (Å²) in [5, 5.41) is 12.0. The van der Waals surface area contributed by atoms with Crippen molar-refractivity contribution in [3.8, 4) is 23.0 Å². The Morgan fingerprint density at radius 1 is 0.842 bits per heavy atom. The summed E-state index contributed by atoms with van der Waals surface area (Å²) < 4.78 is 27.0. The van der Waals surface area contributed by atoms with Crippen molar-refractivity contribution in [1.29, 1.82) is 0 Å². The molecule has 0 spiro atoms. The molecule has 2 atom stereocenters. The molecule has 0 aromatic heterocycles. The molecule has 8 heteroatoms. The first-order valence-corrected chi connectivity index (χ1v) is 12.1. The number of β-amino-alcohol motifs (C(OH)–C–C–N with tert-alkyl or cyclic N) is 1. The first-order chi connectivity index (χ1) is 18.3. The fourth-order valence-electron chi connectivity index (χ4n) is 4.82. The Bertz CT molecular complexity index is 1300. The highest BCUT2D eigenvalue weighted by molar-refractivity contribution is 5.79. The molecule has 0 aliphatic carbocycles. The normalized spacial score (nSPS) is 18.8. The lowest BCUT2D eigenvalue weighted by Crippen LogP contribution is -2.53. The van der Waals surface area contributed by atoms with Crippen LogP contribution < -0.4 is 18.9 Å². The molecule has 4 rings (SSSR count). The van der Waals surface area contributed by atoms with E-state index in [0.29, 0.717) is 35.0 Å². The summed E-state index contributed by atoms with van der Waals surface area (Å²) in [6.07, 6.45) is 1.68. The molecule has 0 bridgehead atoms. The third-order valence-electron chi connectivity index (χ3n) is 6.76. The maximum Gasteiger partial charge on any atom is 0.410 e. The Labute approximate surface area is 223 Å². The minimum absolute atomic E-state index is 0.0217. The number of nitrogens with zero attached hydrogens (tertiary/aromatic N) is 1. The fourth-order valence-corrected chi connectivity index (χ4v) is 4.82. The monoisotopic (exact) mass is 519 g/mol. The Kier molecular flexibility index (Phi) is 8.12. The molecule has 1 N–H and O–H groups in total. The molecule has 1 aliphatic heterocycles. The van der Waals surface area contributed by atoms with Gasteiger partial charge in [-0.15, -0.1) is 0 Å². The predicted molar refractivity (Wildman–Crippen MR) is 144 cm³/mol. The molecule has 0 saturated carbocycles. The molecule has 0 fully saturated rings. The van der Waals surface area contributed by atoms with Crippen LogP contribution in [-0.2, 0) is 16.8 Å². The van der Waals surface area contributed by atoms with Gasteiger partial charge in [-0.05, 0) is 71.2 Å². The first-order valence-electron chi connectivity index (χ1n) is 12.1. The summed E-state index contributed by atoms with van der Waals surface area (Å²) in [4.78, 5) is 14.8. The fraction of sp³-hybridized carbons (Fsp3) is 0.300. The van der Waals surface area contributed by atoms with Crippen LogP contribution in [0.5, 0.6) is 23.0 Å². The highest BCUT2D eigenvalue weighted by atomic mass is 16.5.